The number of ether oxygens (including phenoxy) is 1. The molecule has 0 aliphatic carbocycles. The molecule has 164 valence electrons. The van der Waals surface area contributed by atoms with Crippen LogP contribution in [0.2, 0.25) is 0 Å². The minimum atomic E-state index is -0.223. The van der Waals surface area contributed by atoms with Crippen LogP contribution < -0.4 is 15.8 Å². The summed E-state index contributed by atoms with van der Waals surface area (Å²) in [7, 11) is 0. The van der Waals surface area contributed by atoms with Gasteiger partial charge in [-0.25, -0.2) is 10.1 Å². The first kappa shape index (κ1) is 22.2. The summed E-state index contributed by atoms with van der Waals surface area (Å²) in [6.45, 7) is 7.10. The van der Waals surface area contributed by atoms with E-state index < -0.39 is 0 Å². The molecule has 2 aromatic heterocycles. The smallest absolute Gasteiger partial charge is 0.269 e. The fourth-order valence-electron chi connectivity index (χ4n) is 3.31. The van der Waals surface area contributed by atoms with E-state index >= 15 is 0 Å². The van der Waals surface area contributed by atoms with E-state index in [4.69, 9.17) is 10.00 Å². The molecule has 3 heterocycles. The molecule has 0 aromatic carbocycles. The number of nitriles is 1. The van der Waals surface area contributed by atoms with E-state index in [1.54, 1.807) is 25.4 Å². The third kappa shape index (κ3) is 6.02. The third-order valence-corrected chi connectivity index (χ3v) is 5.17. The number of aromatic amines is 1. The molecule has 0 saturated carbocycles. The number of pyridine rings is 1. The van der Waals surface area contributed by atoms with Gasteiger partial charge in [-0.1, -0.05) is 0 Å². The number of hydrogen-bond acceptors (Lipinski definition) is 8. The summed E-state index contributed by atoms with van der Waals surface area (Å²) in [6.07, 6.45) is 3.46. The Labute approximate surface area is 180 Å². The molecule has 1 fully saturated rings. The molecule has 0 radical (unpaired) electrons. The molecule has 0 unspecified atom stereocenters. The van der Waals surface area contributed by atoms with Gasteiger partial charge in [0.05, 0.1) is 37.1 Å². The number of anilines is 2. The number of rotatable bonds is 8. The number of carbonyl (C=O) groups is 1. The Bertz CT molecular complexity index is 976. The maximum absolute atomic E-state index is 12.5. The minimum Gasteiger partial charge on any atom is -0.379 e. The number of H-pyrrole nitrogens is 1. The molecule has 0 bridgehead atoms. The van der Waals surface area contributed by atoms with Crippen molar-refractivity contribution in [3.63, 3.8) is 0 Å². The summed E-state index contributed by atoms with van der Waals surface area (Å²) < 4.78 is 5.65. The summed E-state index contributed by atoms with van der Waals surface area (Å²) in [6, 6.07) is 5.62. The Morgan fingerprint density at radius 2 is 2.10 bits per heavy atom. The predicted octanol–water partition coefficient (Wildman–Crippen LogP) is 0.901. The molecule has 31 heavy (non-hydrogen) atoms. The van der Waals surface area contributed by atoms with Crippen molar-refractivity contribution >= 4 is 17.4 Å². The van der Waals surface area contributed by atoms with Gasteiger partial charge in [0.1, 0.15) is 11.9 Å². The molecule has 10 heteroatoms. The normalized spacial score (nSPS) is 14.7. The largest absolute Gasteiger partial charge is 0.379 e. The monoisotopic (exact) mass is 425 g/mol. The van der Waals surface area contributed by atoms with Crippen molar-refractivity contribution in [3.8, 4) is 6.07 Å². The van der Waals surface area contributed by atoms with Crippen molar-refractivity contribution in [1.82, 2.24) is 20.1 Å². The number of carbonyl (C=O) groups excluding carboxylic acids is 1. The molecule has 1 amide bonds. The van der Waals surface area contributed by atoms with Crippen LogP contribution in [0.3, 0.4) is 0 Å². The Hall–Kier alpha value is -3.45. The molecular formula is C21H27N7O3. The molecule has 2 aromatic rings. The van der Waals surface area contributed by atoms with Crippen LogP contribution in [0.25, 0.3) is 0 Å². The lowest BCUT2D eigenvalue weighted by molar-refractivity contribution is -0.132. The summed E-state index contributed by atoms with van der Waals surface area (Å²) in [5, 5.41) is 18.2. The van der Waals surface area contributed by atoms with E-state index in [9.17, 15) is 9.59 Å². The fraction of sp³-hybridized carbons (Fsp3) is 0.476. The Balaban J connectivity index is 1.35. The van der Waals surface area contributed by atoms with Crippen molar-refractivity contribution in [3.05, 3.63) is 46.0 Å². The van der Waals surface area contributed by atoms with Gasteiger partial charge in [-0.05, 0) is 26.0 Å². The highest BCUT2D eigenvalue weighted by Crippen LogP contribution is 2.14. The van der Waals surface area contributed by atoms with Gasteiger partial charge < -0.3 is 19.9 Å². The Morgan fingerprint density at radius 3 is 2.77 bits per heavy atom. The minimum absolute atomic E-state index is 0.0270. The van der Waals surface area contributed by atoms with Gasteiger partial charge in [0.15, 0.2) is 0 Å². The van der Waals surface area contributed by atoms with Crippen molar-refractivity contribution in [1.29, 1.82) is 5.26 Å². The van der Waals surface area contributed by atoms with Crippen LogP contribution in [0.5, 0.6) is 0 Å². The van der Waals surface area contributed by atoms with Crippen LogP contribution in [-0.4, -0.2) is 71.4 Å². The second-order valence-electron chi connectivity index (χ2n) is 7.49. The van der Waals surface area contributed by atoms with Crippen molar-refractivity contribution in [2.45, 2.75) is 26.3 Å². The van der Waals surface area contributed by atoms with Gasteiger partial charge in [-0.3, -0.25) is 9.59 Å². The first-order valence-corrected chi connectivity index (χ1v) is 10.3. The van der Waals surface area contributed by atoms with E-state index in [0.29, 0.717) is 62.6 Å². The fourth-order valence-corrected chi connectivity index (χ4v) is 3.31. The van der Waals surface area contributed by atoms with E-state index in [2.05, 4.69) is 31.5 Å². The quantitative estimate of drug-likeness (QED) is 0.597. The van der Waals surface area contributed by atoms with E-state index in [-0.39, 0.29) is 17.5 Å². The zero-order valence-electron chi connectivity index (χ0n) is 17.8. The molecular weight excluding hydrogens is 398 g/mol. The summed E-state index contributed by atoms with van der Waals surface area (Å²) in [5.74, 6) is 0.893. The number of amides is 1. The van der Waals surface area contributed by atoms with E-state index in [0.717, 1.165) is 5.82 Å². The molecule has 0 spiro atoms. The van der Waals surface area contributed by atoms with Crippen LogP contribution in [0.1, 0.15) is 24.5 Å². The molecule has 3 rings (SSSR count). The number of nitrogens with zero attached hydrogens (tertiary/aromatic N) is 5. The highest BCUT2D eigenvalue weighted by molar-refractivity contribution is 5.76. The average Bonchev–Trinajstić information content (AvgIpc) is 2.80. The lowest BCUT2D eigenvalue weighted by Crippen LogP contribution is -2.49. The lowest BCUT2D eigenvalue weighted by atomic mass is 10.2. The van der Waals surface area contributed by atoms with E-state index in [1.165, 1.54) is 0 Å². The molecule has 2 N–H and O–H groups in total. The highest BCUT2D eigenvalue weighted by Gasteiger charge is 2.21. The predicted molar refractivity (Wildman–Crippen MR) is 116 cm³/mol. The van der Waals surface area contributed by atoms with Crippen LogP contribution in [0, 0.1) is 18.3 Å². The summed E-state index contributed by atoms with van der Waals surface area (Å²) in [4.78, 5) is 32.3. The van der Waals surface area contributed by atoms with Gasteiger partial charge in [-0.15, -0.1) is 0 Å². The first-order chi connectivity index (χ1) is 15.0. The van der Waals surface area contributed by atoms with Crippen molar-refractivity contribution in [2.24, 2.45) is 0 Å². The second-order valence-corrected chi connectivity index (χ2v) is 7.49. The molecule has 1 aliphatic heterocycles. The maximum Gasteiger partial charge on any atom is 0.269 e. The van der Waals surface area contributed by atoms with Crippen LogP contribution in [0.15, 0.2) is 29.3 Å². The van der Waals surface area contributed by atoms with Crippen LogP contribution in [-0.2, 0) is 9.53 Å². The topological polar surface area (TPSA) is 127 Å². The zero-order valence-corrected chi connectivity index (χ0v) is 17.8. The molecule has 1 atom stereocenters. The first-order valence-electron chi connectivity index (χ1n) is 10.3. The van der Waals surface area contributed by atoms with Crippen LogP contribution in [0.4, 0.5) is 11.5 Å². The summed E-state index contributed by atoms with van der Waals surface area (Å²) >= 11 is 0. The molecule has 1 saturated heterocycles. The van der Waals surface area contributed by atoms with Crippen molar-refractivity contribution in [2.75, 3.05) is 49.6 Å². The third-order valence-electron chi connectivity index (χ3n) is 5.17. The SMILES string of the molecule is Cc1c(N[C@H](C)COCCC(=O)N2CCN(c3ccc(C#N)cn3)CC2)cn[nH]c1=O. The number of piperazine rings is 1. The number of aromatic nitrogens is 3. The van der Waals surface area contributed by atoms with Gasteiger partial charge in [0.2, 0.25) is 5.91 Å². The van der Waals surface area contributed by atoms with E-state index in [1.807, 2.05) is 17.9 Å². The van der Waals surface area contributed by atoms with Crippen LogP contribution >= 0.6 is 0 Å². The second kappa shape index (κ2) is 10.5. The van der Waals surface area contributed by atoms with Gasteiger partial charge in [0, 0.05) is 44.0 Å². The number of hydrogen-bond donors (Lipinski definition) is 2. The molecule has 10 nitrogen and oxygen atoms in total. The Morgan fingerprint density at radius 1 is 1.32 bits per heavy atom. The Kier molecular flexibility index (Phi) is 7.56. The summed E-state index contributed by atoms with van der Waals surface area (Å²) in [5.41, 5.74) is 1.56. The zero-order chi connectivity index (χ0) is 22.2. The lowest BCUT2D eigenvalue weighted by Gasteiger charge is -2.35. The average molecular weight is 425 g/mol. The maximum atomic E-state index is 12.5. The number of nitrogens with one attached hydrogen (secondary N) is 2. The highest BCUT2D eigenvalue weighted by atomic mass is 16.5. The van der Waals surface area contributed by atoms with Gasteiger partial charge in [-0.2, -0.15) is 10.4 Å². The van der Waals surface area contributed by atoms with Gasteiger partial charge >= 0.3 is 0 Å². The molecule has 1 aliphatic rings. The van der Waals surface area contributed by atoms with Gasteiger partial charge in [0.25, 0.3) is 5.56 Å². The standard InChI is InChI=1S/C21H27N7O3/c1-15(25-18-13-24-26-21(30)16(18)2)14-31-10-5-20(29)28-8-6-27(7-9-28)19-4-3-17(11-22)12-23-19/h3-4,12-13,15H,5-10,14H2,1-2H3,(H2,25,26,30)/t15-/m1/s1. The van der Waals surface area contributed by atoms with Crippen molar-refractivity contribution < 1.29 is 9.53 Å².